The molecule has 2 aliphatic heterocycles. The standard InChI is InChI=1S/C25H20O6/c1-28-25-20-15-9-8-14-19(20)21(26)22(30-25)24(31-25,18-12-6-3-7-13-18)23(27)29-16-17-10-4-2-5-11-17/h2-15,22H,16H2,1H3/t22-,24-,25+/m1/s1. The molecule has 3 aromatic carbocycles. The van der Waals surface area contributed by atoms with Gasteiger partial charge in [0.1, 0.15) is 6.61 Å². The zero-order valence-electron chi connectivity index (χ0n) is 16.8. The monoisotopic (exact) mass is 416 g/mol. The van der Waals surface area contributed by atoms with Gasteiger partial charge in [-0.3, -0.25) is 9.53 Å². The summed E-state index contributed by atoms with van der Waals surface area (Å²) in [5.41, 5.74) is 0.277. The molecular formula is C25H20O6. The summed E-state index contributed by atoms with van der Waals surface area (Å²) in [6.45, 7) is 0.0332. The van der Waals surface area contributed by atoms with Crippen molar-refractivity contribution in [2.24, 2.45) is 0 Å². The van der Waals surface area contributed by atoms with Crippen LogP contribution in [0.25, 0.3) is 0 Å². The van der Waals surface area contributed by atoms with Crippen LogP contribution in [0.4, 0.5) is 0 Å². The molecule has 6 nitrogen and oxygen atoms in total. The molecule has 0 unspecified atom stereocenters. The Morgan fingerprint density at radius 3 is 2.29 bits per heavy atom. The quantitative estimate of drug-likeness (QED) is 0.591. The van der Waals surface area contributed by atoms with E-state index in [1.54, 1.807) is 48.5 Å². The largest absolute Gasteiger partial charge is 0.458 e. The molecular weight excluding hydrogens is 396 g/mol. The lowest BCUT2D eigenvalue weighted by atomic mass is 9.83. The van der Waals surface area contributed by atoms with Crippen LogP contribution < -0.4 is 0 Å². The highest BCUT2D eigenvalue weighted by atomic mass is 16.9. The van der Waals surface area contributed by atoms with E-state index in [2.05, 4.69) is 0 Å². The van der Waals surface area contributed by atoms with E-state index in [1.807, 2.05) is 36.4 Å². The molecule has 3 aromatic rings. The van der Waals surface area contributed by atoms with Crippen molar-refractivity contribution in [3.05, 3.63) is 107 Å². The van der Waals surface area contributed by atoms with Crippen molar-refractivity contribution in [1.82, 2.24) is 0 Å². The van der Waals surface area contributed by atoms with Crippen molar-refractivity contribution in [2.75, 3.05) is 7.11 Å². The third kappa shape index (κ3) is 2.91. The Morgan fingerprint density at radius 1 is 0.935 bits per heavy atom. The molecule has 5 rings (SSSR count). The van der Waals surface area contributed by atoms with E-state index >= 15 is 0 Å². The molecule has 2 heterocycles. The first-order valence-corrected chi connectivity index (χ1v) is 9.94. The predicted molar refractivity (Wildman–Crippen MR) is 110 cm³/mol. The number of rotatable bonds is 5. The molecule has 0 N–H and O–H groups in total. The summed E-state index contributed by atoms with van der Waals surface area (Å²) < 4.78 is 23.6. The highest BCUT2D eigenvalue weighted by Gasteiger charge is 2.70. The number of benzene rings is 3. The second-order valence-corrected chi connectivity index (χ2v) is 7.43. The minimum atomic E-state index is -1.82. The molecule has 3 atom stereocenters. The lowest BCUT2D eigenvalue weighted by Gasteiger charge is -2.30. The van der Waals surface area contributed by atoms with Crippen LogP contribution in [-0.2, 0) is 41.9 Å². The summed E-state index contributed by atoms with van der Waals surface area (Å²) in [6, 6.07) is 25.0. The molecule has 2 bridgehead atoms. The van der Waals surface area contributed by atoms with Gasteiger partial charge in [-0.2, -0.15) is 0 Å². The molecule has 2 aliphatic rings. The number of hydrogen-bond donors (Lipinski definition) is 0. The fourth-order valence-corrected chi connectivity index (χ4v) is 4.18. The fraction of sp³-hybridized carbons (Fsp3) is 0.200. The number of esters is 1. The Labute approximate surface area is 179 Å². The summed E-state index contributed by atoms with van der Waals surface area (Å²) in [4.78, 5) is 27.0. The van der Waals surface area contributed by atoms with E-state index in [-0.39, 0.29) is 12.4 Å². The van der Waals surface area contributed by atoms with Gasteiger partial charge in [0.25, 0.3) is 0 Å². The summed E-state index contributed by atoms with van der Waals surface area (Å²) in [5, 5.41) is 0. The zero-order valence-corrected chi connectivity index (χ0v) is 16.8. The van der Waals surface area contributed by atoms with Gasteiger partial charge in [-0.05, 0) is 11.1 Å². The van der Waals surface area contributed by atoms with Gasteiger partial charge >= 0.3 is 11.9 Å². The Kier molecular flexibility index (Phi) is 4.70. The van der Waals surface area contributed by atoms with Crippen LogP contribution in [0.3, 0.4) is 0 Å². The number of carbonyl (C=O) groups is 2. The number of carbonyl (C=O) groups excluding carboxylic acids is 2. The van der Waals surface area contributed by atoms with Crippen LogP contribution in [0.15, 0.2) is 84.9 Å². The number of hydrogen-bond acceptors (Lipinski definition) is 6. The normalized spacial score (nSPS) is 26.4. The maximum Gasteiger partial charge on any atom is 0.347 e. The van der Waals surface area contributed by atoms with Crippen LogP contribution in [0.2, 0.25) is 0 Å². The second-order valence-electron chi connectivity index (χ2n) is 7.43. The van der Waals surface area contributed by atoms with E-state index in [0.29, 0.717) is 16.7 Å². The van der Waals surface area contributed by atoms with Gasteiger partial charge in [-0.1, -0.05) is 84.9 Å². The molecule has 0 aromatic heterocycles. The van der Waals surface area contributed by atoms with Gasteiger partial charge in [-0.15, -0.1) is 0 Å². The van der Waals surface area contributed by atoms with Crippen molar-refractivity contribution in [3.63, 3.8) is 0 Å². The van der Waals surface area contributed by atoms with Crippen LogP contribution >= 0.6 is 0 Å². The van der Waals surface area contributed by atoms with Gasteiger partial charge < -0.3 is 14.2 Å². The van der Waals surface area contributed by atoms with Crippen molar-refractivity contribution in [1.29, 1.82) is 0 Å². The van der Waals surface area contributed by atoms with E-state index in [4.69, 9.17) is 18.9 Å². The number of fused-ring (bicyclic) bond motifs is 4. The summed E-state index contributed by atoms with van der Waals surface area (Å²) in [6.07, 6.45) is -1.26. The first-order valence-electron chi connectivity index (χ1n) is 9.94. The van der Waals surface area contributed by atoms with E-state index < -0.39 is 23.6 Å². The van der Waals surface area contributed by atoms with E-state index in [1.165, 1.54) is 7.11 Å². The van der Waals surface area contributed by atoms with Gasteiger partial charge in [0, 0.05) is 12.7 Å². The average Bonchev–Trinajstić information content (AvgIpc) is 3.17. The number of methoxy groups -OCH3 is 1. The molecule has 6 heteroatoms. The van der Waals surface area contributed by atoms with Crippen molar-refractivity contribution in [3.8, 4) is 0 Å². The van der Waals surface area contributed by atoms with Crippen molar-refractivity contribution in [2.45, 2.75) is 24.3 Å². The highest BCUT2D eigenvalue weighted by molar-refractivity contribution is 6.06. The minimum Gasteiger partial charge on any atom is -0.458 e. The summed E-state index contributed by atoms with van der Waals surface area (Å²) in [7, 11) is 1.42. The zero-order chi connectivity index (χ0) is 21.5. The summed E-state index contributed by atoms with van der Waals surface area (Å²) >= 11 is 0. The molecule has 1 saturated heterocycles. The molecule has 0 amide bonds. The van der Waals surface area contributed by atoms with Crippen LogP contribution in [0.1, 0.15) is 27.0 Å². The maximum absolute atomic E-state index is 13.6. The van der Waals surface area contributed by atoms with Crippen molar-refractivity contribution < 1.29 is 28.5 Å². The highest BCUT2D eigenvalue weighted by Crippen LogP contribution is 2.54. The molecule has 0 saturated carbocycles. The molecule has 1 fully saturated rings. The lowest BCUT2D eigenvalue weighted by molar-refractivity contribution is -0.351. The number of Topliss-reactive ketones (excluding diaryl/α,β-unsaturated/α-hetero) is 1. The first-order chi connectivity index (χ1) is 15.1. The van der Waals surface area contributed by atoms with Gasteiger partial charge in [0.05, 0.1) is 5.56 Å². The molecule has 0 radical (unpaired) electrons. The predicted octanol–water partition coefficient (Wildman–Crippen LogP) is 3.69. The smallest absolute Gasteiger partial charge is 0.347 e. The Hall–Kier alpha value is -3.32. The lowest BCUT2D eigenvalue weighted by Crippen LogP contribution is -2.49. The van der Waals surface area contributed by atoms with Crippen LogP contribution in [0.5, 0.6) is 0 Å². The topological polar surface area (TPSA) is 71.1 Å². The maximum atomic E-state index is 13.6. The summed E-state index contributed by atoms with van der Waals surface area (Å²) in [5.74, 6) is -2.77. The molecule has 0 spiro atoms. The molecule has 31 heavy (non-hydrogen) atoms. The average molecular weight is 416 g/mol. The fourth-order valence-electron chi connectivity index (χ4n) is 4.18. The van der Waals surface area contributed by atoms with Crippen molar-refractivity contribution >= 4 is 11.8 Å². The molecule has 0 aliphatic carbocycles. The van der Waals surface area contributed by atoms with Gasteiger partial charge in [0.2, 0.25) is 5.60 Å². The van der Waals surface area contributed by atoms with Crippen LogP contribution in [-0.4, -0.2) is 25.0 Å². The minimum absolute atomic E-state index is 0.0332. The van der Waals surface area contributed by atoms with Gasteiger partial charge in [0.15, 0.2) is 11.9 Å². The molecule has 156 valence electrons. The Bertz CT molecular complexity index is 1130. The Morgan fingerprint density at radius 2 is 1.58 bits per heavy atom. The third-order valence-electron chi connectivity index (χ3n) is 5.69. The first kappa shape index (κ1) is 19.6. The SMILES string of the molecule is CO[C@]12O[C@H](C(=O)c3ccccc31)[C@@](C(=O)OCc1ccccc1)(c1ccccc1)O2. The second kappa shape index (κ2) is 7.42. The number of ether oxygens (including phenoxy) is 4. The van der Waals surface area contributed by atoms with E-state index in [0.717, 1.165) is 5.56 Å². The Balaban J connectivity index is 1.61. The number of ketones is 1. The van der Waals surface area contributed by atoms with Gasteiger partial charge in [-0.25, -0.2) is 4.79 Å². The van der Waals surface area contributed by atoms with E-state index in [9.17, 15) is 9.59 Å². The third-order valence-corrected chi connectivity index (χ3v) is 5.69. The van der Waals surface area contributed by atoms with Crippen LogP contribution in [0, 0.1) is 0 Å².